The molecule has 0 saturated carbocycles. The van der Waals surface area contributed by atoms with Gasteiger partial charge >= 0.3 is 0 Å². The standard InChI is InChI=1S/C19H25ClN4O2/c20-14-3-4-16-17(11-14)26-19(23-16)24-9-1-2-13(12-24)10-18(25)22-15-5-7-21-8-6-15/h3-4,11,13,15,21H,1-2,5-10,12H2,(H,22,25). The van der Waals surface area contributed by atoms with Crippen LogP contribution in [0.1, 0.15) is 32.1 Å². The number of benzene rings is 1. The lowest BCUT2D eigenvalue weighted by Crippen LogP contribution is -2.44. The van der Waals surface area contributed by atoms with E-state index >= 15 is 0 Å². The largest absolute Gasteiger partial charge is 0.423 e. The van der Waals surface area contributed by atoms with E-state index in [-0.39, 0.29) is 5.91 Å². The van der Waals surface area contributed by atoms with Crippen molar-refractivity contribution in [2.75, 3.05) is 31.1 Å². The second-order valence-corrected chi connectivity index (χ2v) is 7.80. The minimum Gasteiger partial charge on any atom is -0.423 e. The van der Waals surface area contributed by atoms with Crippen LogP contribution in [-0.2, 0) is 4.79 Å². The van der Waals surface area contributed by atoms with Crippen LogP contribution in [0.5, 0.6) is 0 Å². The van der Waals surface area contributed by atoms with Crippen LogP contribution in [0.15, 0.2) is 22.6 Å². The lowest BCUT2D eigenvalue weighted by Gasteiger charge is -2.32. The Balaban J connectivity index is 1.36. The van der Waals surface area contributed by atoms with Gasteiger partial charge in [0.1, 0.15) is 5.52 Å². The van der Waals surface area contributed by atoms with Crippen molar-refractivity contribution in [3.8, 4) is 0 Å². The highest BCUT2D eigenvalue weighted by Gasteiger charge is 2.26. The first-order valence-corrected chi connectivity index (χ1v) is 9.86. The number of hydrogen-bond donors (Lipinski definition) is 2. The third kappa shape index (κ3) is 4.13. The van der Waals surface area contributed by atoms with Gasteiger partial charge in [-0.25, -0.2) is 0 Å². The Morgan fingerprint density at radius 2 is 2.19 bits per heavy atom. The first-order chi connectivity index (χ1) is 12.7. The van der Waals surface area contributed by atoms with Gasteiger partial charge in [-0.05, 0) is 56.8 Å². The van der Waals surface area contributed by atoms with Crippen molar-refractivity contribution in [1.82, 2.24) is 15.6 Å². The molecule has 0 spiro atoms. The molecule has 1 amide bonds. The lowest BCUT2D eigenvalue weighted by molar-refractivity contribution is -0.122. The van der Waals surface area contributed by atoms with Crippen LogP contribution >= 0.6 is 11.6 Å². The number of amides is 1. The second kappa shape index (κ2) is 7.84. The van der Waals surface area contributed by atoms with Gasteiger partial charge in [-0.3, -0.25) is 4.79 Å². The molecule has 2 saturated heterocycles. The minimum absolute atomic E-state index is 0.174. The highest BCUT2D eigenvalue weighted by Crippen LogP contribution is 2.28. The fourth-order valence-electron chi connectivity index (χ4n) is 3.94. The maximum absolute atomic E-state index is 12.4. The van der Waals surface area contributed by atoms with Gasteiger partial charge in [0.15, 0.2) is 5.58 Å². The van der Waals surface area contributed by atoms with Gasteiger partial charge in [0, 0.05) is 36.6 Å². The molecule has 0 radical (unpaired) electrons. The molecule has 4 rings (SSSR count). The van der Waals surface area contributed by atoms with E-state index < -0.39 is 0 Å². The number of fused-ring (bicyclic) bond motifs is 1. The highest BCUT2D eigenvalue weighted by molar-refractivity contribution is 6.31. The Morgan fingerprint density at radius 1 is 1.35 bits per heavy atom. The fraction of sp³-hybridized carbons (Fsp3) is 0.579. The minimum atomic E-state index is 0.174. The summed E-state index contributed by atoms with van der Waals surface area (Å²) in [6.45, 7) is 3.70. The summed E-state index contributed by atoms with van der Waals surface area (Å²) in [7, 11) is 0. The molecule has 2 aliphatic heterocycles. The summed E-state index contributed by atoms with van der Waals surface area (Å²) in [5, 5.41) is 7.17. The van der Waals surface area contributed by atoms with Gasteiger partial charge in [-0.1, -0.05) is 11.6 Å². The smallest absolute Gasteiger partial charge is 0.298 e. The van der Waals surface area contributed by atoms with Gasteiger partial charge in [0.05, 0.1) is 0 Å². The average Bonchev–Trinajstić information content (AvgIpc) is 3.06. The molecule has 6 nitrogen and oxygen atoms in total. The van der Waals surface area contributed by atoms with Gasteiger partial charge in [0.2, 0.25) is 5.91 Å². The third-order valence-electron chi connectivity index (χ3n) is 5.31. The Bertz CT molecular complexity index is 772. The predicted octanol–water partition coefficient (Wildman–Crippen LogP) is 2.96. The highest BCUT2D eigenvalue weighted by atomic mass is 35.5. The first-order valence-electron chi connectivity index (χ1n) is 9.48. The Kier molecular flexibility index (Phi) is 5.31. The molecular formula is C19H25ClN4O2. The molecule has 3 heterocycles. The maximum Gasteiger partial charge on any atom is 0.298 e. The van der Waals surface area contributed by atoms with Crippen LogP contribution in [0, 0.1) is 5.92 Å². The van der Waals surface area contributed by atoms with Crippen LogP contribution in [0.2, 0.25) is 5.02 Å². The third-order valence-corrected chi connectivity index (χ3v) is 5.54. The van der Waals surface area contributed by atoms with Gasteiger partial charge in [-0.15, -0.1) is 0 Å². The SMILES string of the molecule is O=C(CC1CCCN(c2nc3ccc(Cl)cc3o2)C1)NC1CCNCC1. The maximum atomic E-state index is 12.4. The average molecular weight is 377 g/mol. The second-order valence-electron chi connectivity index (χ2n) is 7.36. The molecule has 0 aliphatic carbocycles. The van der Waals surface area contributed by atoms with E-state index in [1.54, 1.807) is 6.07 Å². The van der Waals surface area contributed by atoms with Crippen LogP contribution in [0.3, 0.4) is 0 Å². The van der Waals surface area contributed by atoms with E-state index in [4.69, 9.17) is 16.0 Å². The topological polar surface area (TPSA) is 70.4 Å². The van der Waals surface area contributed by atoms with Crippen molar-refractivity contribution >= 4 is 34.6 Å². The molecule has 0 bridgehead atoms. The number of aromatic nitrogens is 1. The zero-order valence-electron chi connectivity index (χ0n) is 14.8. The number of hydrogen-bond acceptors (Lipinski definition) is 5. The van der Waals surface area contributed by atoms with Crippen molar-refractivity contribution in [2.45, 2.75) is 38.1 Å². The quantitative estimate of drug-likeness (QED) is 0.858. The number of anilines is 1. The number of carbonyl (C=O) groups excluding carboxylic acids is 1. The van der Waals surface area contributed by atoms with Crippen LogP contribution in [0.25, 0.3) is 11.1 Å². The zero-order chi connectivity index (χ0) is 17.9. The normalized spacial score (nSPS) is 21.9. The van der Waals surface area contributed by atoms with Crippen LogP contribution < -0.4 is 15.5 Å². The first kappa shape index (κ1) is 17.6. The molecule has 2 fully saturated rings. The van der Waals surface area contributed by atoms with Crippen LogP contribution in [-0.4, -0.2) is 43.1 Å². The summed E-state index contributed by atoms with van der Waals surface area (Å²) in [5.41, 5.74) is 1.52. The zero-order valence-corrected chi connectivity index (χ0v) is 15.6. The number of nitrogens with one attached hydrogen (secondary N) is 2. The Labute approximate surface area is 158 Å². The molecule has 2 aromatic rings. The van der Waals surface area contributed by atoms with E-state index in [9.17, 15) is 4.79 Å². The molecule has 1 atom stereocenters. The van der Waals surface area contributed by atoms with E-state index in [2.05, 4.69) is 20.5 Å². The molecule has 1 aromatic heterocycles. The summed E-state index contributed by atoms with van der Waals surface area (Å²) in [6.07, 6.45) is 4.74. The lowest BCUT2D eigenvalue weighted by atomic mass is 9.94. The summed E-state index contributed by atoms with van der Waals surface area (Å²) < 4.78 is 5.89. The van der Waals surface area contributed by atoms with E-state index in [1.165, 1.54) is 0 Å². The monoisotopic (exact) mass is 376 g/mol. The molecule has 7 heteroatoms. The molecule has 2 N–H and O–H groups in total. The molecular weight excluding hydrogens is 352 g/mol. The number of carbonyl (C=O) groups is 1. The van der Waals surface area contributed by atoms with E-state index in [0.717, 1.165) is 57.4 Å². The molecule has 1 unspecified atom stereocenters. The summed E-state index contributed by atoms with van der Waals surface area (Å²) in [4.78, 5) is 19.1. The summed E-state index contributed by atoms with van der Waals surface area (Å²) in [5.74, 6) is 0.511. The van der Waals surface area contributed by atoms with E-state index in [0.29, 0.717) is 35.0 Å². The molecule has 2 aliphatic rings. The van der Waals surface area contributed by atoms with Crippen molar-refractivity contribution in [1.29, 1.82) is 0 Å². The molecule has 1 aromatic carbocycles. The van der Waals surface area contributed by atoms with E-state index in [1.807, 2.05) is 12.1 Å². The number of piperidine rings is 2. The summed E-state index contributed by atoms with van der Waals surface area (Å²) >= 11 is 6.02. The van der Waals surface area contributed by atoms with Crippen molar-refractivity contribution in [3.63, 3.8) is 0 Å². The van der Waals surface area contributed by atoms with Gasteiger partial charge in [0.25, 0.3) is 6.01 Å². The molecule has 140 valence electrons. The number of nitrogens with zero attached hydrogens (tertiary/aromatic N) is 2. The number of rotatable bonds is 4. The fourth-order valence-corrected chi connectivity index (χ4v) is 4.10. The van der Waals surface area contributed by atoms with Crippen LogP contribution in [0.4, 0.5) is 6.01 Å². The van der Waals surface area contributed by atoms with Crippen molar-refractivity contribution in [2.24, 2.45) is 5.92 Å². The molecule has 26 heavy (non-hydrogen) atoms. The number of oxazole rings is 1. The van der Waals surface area contributed by atoms with Crippen molar-refractivity contribution in [3.05, 3.63) is 23.2 Å². The summed E-state index contributed by atoms with van der Waals surface area (Å²) in [6, 6.07) is 6.44. The van der Waals surface area contributed by atoms with Crippen molar-refractivity contribution < 1.29 is 9.21 Å². The number of halogens is 1. The van der Waals surface area contributed by atoms with Gasteiger partial charge in [-0.2, -0.15) is 4.98 Å². The Morgan fingerprint density at radius 3 is 3.04 bits per heavy atom. The predicted molar refractivity (Wildman–Crippen MR) is 103 cm³/mol. The Hall–Kier alpha value is -1.79. The van der Waals surface area contributed by atoms with Gasteiger partial charge < -0.3 is 20.0 Å².